The van der Waals surface area contributed by atoms with Crippen LogP contribution in [0.4, 0.5) is 30.5 Å². The molecule has 2 aliphatic heterocycles. The summed E-state index contributed by atoms with van der Waals surface area (Å²) in [5, 5.41) is 3.15. The van der Waals surface area contributed by atoms with Gasteiger partial charge in [0.15, 0.2) is 23.3 Å². The van der Waals surface area contributed by atoms with E-state index in [0.717, 1.165) is 6.07 Å². The molecule has 0 radical (unpaired) electrons. The Kier molecular flexibility index (Phi) is 7.91. The van der Waals surface area contributed by atoms with Crippen LogP contribution in [0.5, 0.6) is 0 Å². The van der Waals surface area contributed by atoms with Crippen molar-refractivity contribution < 1.29 is 26.3 Å². The maximum absolute atomic E-state index is 14.5. The van der Waals surface area contributed by atoms with Crippen LogP contribution >= 0.6 is 0 Å². The van der Waals surface area contributed by atoms with Crippen molar-refractivity contribution in [3.63, 3.8) is 0 Å². The summed E-state index contributed by atoms with van der Waals surface area (Å²) >= 11 is 0. The molecule has 2 aliphatic rings. The Labute approximate surface area is 225 Å². The van der Waals surface area contributed by atoms with Crippen molar-refractivity contribution in [2.45, 2.75) is 13.0 Å². The molecule has 208 valence electrons. The number of aromatic nitrogens is 2. The lowest BCUT2D eigenvalue weighted by Crippen LogP contribution is -2.39. The van der Waals surface area contributed by atoms with Gasteiger partial charge in [-0.05, 0) is 25.1 Å². The molecule has 1 saturated heterocycles. The highest BCUT2D eigenvalue weighted by atomic mass is 32.2. The summed E-state index contributed by atoms with van der Waals surface area (Å²) in [5.41, 5.74) is 1.65. The van der Waals surface area contributed by atoms with Crippen LogP contribution in [0.25, 0.3) is 11.3 Å². The first kappa shape index (κ1) is 27.2. The summed E-state index contributed by atoms with van der Waals surface area (Å²) in [7, 11) is -3.53. The molecule has 1 aromatic heterocycles. The molecule has 0 bridgehead atoms. The van der Waals surface area contributed by atoms with E-state index in [4.69, 9.17) is 9.72 Å². The number of rotatable bonds is 8. The number of morpholine rings is 1. The van der Waals surface area contributed by atoms with Gasteiger partial charge in [0.25, 0.3) is 0 Å². The summed E-state index contributed by atoms with van der Waals surface area (Å²) < 4.78 is 74.9. The fourth-order valence-electron chi connectivity index (χ4n) is 4.66. The minimum Gasteiger partial charge on any atom is -0.379 e. The average molecular weight is 563 g/mol. The zero-order chi connectivity index (χ0) is 27.6. The summed E-state index contributed by atoms with van der Waals surface area (Å²) in [4.78, 5) is 13.0. The molecule has 13 heteroatoms. The van der Waals surface area contributed by atoms with Crippen molar-refractivity contribution in [1.29, 1.82) is 0 Å². The van der Waals surface area contributed by atoms with Crippen LogP contribution in [0.15, 0.2) is 42.6 Å². The smallest absolute Gasteiger partial charge is 0.233 e. The van der Waals surface area contributed by atoms with E-state index in [0.29, 0.717) is 80.6 Å². The number of fused-ring (bicyclic) bond motifs is 1. The Morgan fingerprint density at radius 3 is 2.51 bits per heavy atom. The van der Waals surface area contributed by atoms with Crippen LogP contribution in [0, 0.1) is 17.5 Å². The topological polar surface area (TPSA) is 99.7 Å². The molecule has 5 rings (SSSR count). The van der Waals surface area contributed by atoms with Crippen LogP contribution in [0.3, 0.4) is 0 Å². The summed E-state index contributed by atoms with van der Waals surface area (Å²) in [6, 6.07) is 7.54. The van der Waals surface area contributed by atoms with Crippen LogP contribution < -0.4 is 14.9 Å². The lowest BCUT2D eigenvalue weighted by molar-refractivity contribution is 0.0408. The number of nitrogens with one attached hydrogen (secondary N) is 2. The van der Waals surface area contributed by atoms with E-state index < -0.39 is 33.5 Å². The number of nitrogens with zero attached hydrogens (tertiary/aromatic N) is 4. The van der Waals surface area contributed by atoms with E-state index in [1.807, 2.05) is 0 Å². The lowest BCUT2D eigenvalue weighted by Gasteiger charge is -2.35. The Morgan fingerprint density at radius 1 is 1.05 bits per heavy atom. The summed E-state index contributed by atoms with van der Waals surface area (Å²) in [6.45, 7) is 5.72. The van der Waals surface area contributed by atoms with Crippen LogP contribution in [0.2, 0.25) is 0 Å². The minimum absolute atomic E-state index is 0.0132. The van der Waals surface area contributed by atoms with E-state index in [2.05, 4.69) is 19.9 Å². The van der Waals surface area contributed by atoms with Gasteiger partial charge in [0.2, 0.25) is 10.0 Å². The number of sulfonamides is 1. The number of anilines is 3. The quantitative estimate of drug-likeness (QED) is 0.402. The monoisotopic (exact) mass is 562 g/mol. The van der Waals surface area contributed by atoms with Crippen molar-refractivity contribution >= 4 is 27.3 Å². The zero-order valence-corrected chi connectivity index (χ0v) is 22.1. The van der Waals surface area contributed by atoms with Crippen LogP contribution in [0.1, 0.15) is 18.5 Å². The SMILES string of the molecule is CC(c1cc(F)c(F)cc1F)N1CCNc2ncc(-c3ccc(NS(=O)(=O)CCN4CCOCC4)cc3)nc21. The molecule has 1 unspecified atom stereocenters. The van der Waals surface area contributed by atoms with Gasteiger partial charge < -0.3 is 15.0 Å². The van der Waals surface area contributed by atoms with Gasteiger partial charge in [-0.15, -0.1) is 0 Å². The molecular formula is C26H29F3N6O3S. The first-order chi connectivity index (χ1) is 18.7. The molecule has 0 aliphatic carbocycles. The van der Waals surface area contributed by atoms with Crippen molar-refractivity contribution in [2.75, 3.05) is 66.6 Å². The van der Waals surface area contributed by atoms with E-state index >= 15 is 0 Å². The second kappa shape index (κ2) is 11.4. The molecule has 0 spiro atoms. The van der Waals surface area contributed by atoms with Gasteiger partial charge in [-0.25, -0.2) is 31.6 Å². The van der Waals surface area contributed by atoms with E-state index in [-0.39, 0.29) is 11.3 Å². The second-order valence-electron chi connectivity index (χ2n) is 9.46. The van der Waals surface area contributed by atoms with Crippen molar-refractivity contribution in [2.24, 2.45) is 0 Å². The molecule has 0 saturated carbocycles. The second-order valence-corrected chi connectivity index (χ2v) is 11.3. The molecule has 0 amide bonds. The number of benzene rings is 2. The fraction of sp³-hybridized carbons (Fsp3) is 0.385. The Morgan fingerprint density at radius 2 is 1.77 bits per heavy atom. The zero-order valence-electron chi connectivity index (χ0n) is 21.3. The molecule has 39 heavy (non-hydrogen) atoms. The molecule has 3 heterocycles. The highest BCUT2D eigenvalue weighted by Gasteiger charge is 2.28. The maximum Gasteiger partial charge on any atom is 0.233 e. The number of ether oxygens (including phenoxy) is 1. The van der Waals surface area contributed by atoms with E-state index in [1.165, 1.54) is 0 Å². The number of hydrogen-bond donors (Lipinski definition) is 2. The molecule has 9 nitrogen and oxygen atoms in total. The van der Waals surface area contributed by atoms with Gasteiger partial charge in [0.1, 0.15) is 5.82 Å². The molecule has 2 aromatic carbocycles. The predicted molar refractivity (Wildman–Crippen MR) is 143 cm³/mol. The molecule has 1 fully saturated rings. The number of hydrogen-bond acceptors (Lipinski definition) is 8. The highest BCUT2D eigenvalue weighted by Crippen LogP contribution is 2.35. The maximum atomic E-state index is 14.5. The van der Waals surface area contributed by atoms with Crippen LogP contribution in [-0.4, -0.2) is 75.0 Å². The predicted octanol–water partition coefficient (Wildman–Crippen LogP) is 3.63. The minimum atomic E-state index is -3.53. The third kappa shape index (κ3) is 6.26. The van der Waals surface area contributed by atoms with Gasteiger partial charge in [-0.3, -0.25) is 9.62 Å². The summed E-state index contributed by atoms with van der Waals surface area (Å²) in [6.07, 6.45) is 1.58. The lowest BCUT2D eigenvalue weighted by atomic mass is 10.0. The first-order valence-electron chi connectivity index (χ1n) is 12.6. The number of halogens is 3. The van der Waals surface area contributed by atoms with Gasteiger partial charge in [0, 0.05) is 55.6 Å². The average Bonchev–Trinajstić information content (AvgIpc) is 2.94. The Hall–Kier alpha value is -3.42. The van der Waals surface area contributed by atoms with Gasteiger partial charge in [-0.1, -0.05) is 12.1 Å². The molecule has 2 N–H and O–H groups in total. The van der Waals surface area contributed by atoms with Crippen LogP contribution in [-0.2, 0) is 14.8 Å². The largest absolute Gasteiger partial charge is 0.379 e. The van der Waals surface area contributed by atoms with Crippen molar-refractivity contribution in [3.8, 4) is 11.3 Å². The third-order valence-electron chi connectivity index (χ3n) is 6.86. The van der Waals surface area contributed by atoms with Crippen molar-refractivity contribution in [1.82, 2.24) is 14.9 Å². The summed E-state index contributed by atoms with van der Waals surface area (Å²) in [5.74, 6) is -2.29. The van der Waals surface area contributed by atoms with E-state index in [9.17, 15) is 21.6 Å². The molecule has 1 atom stereocenters. The van der Waals surface area contributed by atoms with Gasteiger partial charge >= 0.3 is 0 Å². The fourth-order valence-corrected chi connectivity index (χ4v) is 5.76. The molecular weight excluding hydrogens is 533 g/mol. The van der Waals surface area contributed by atoms with E-state index in [1.54, 1.807) is 42.3 Å². The van der Waals surface area contributed by atoms with Crippen molar-refractivity contribution in [3.05, 3.63) is 65.6 Å². The first-order valence-corrected chi connectivity index (χ1v) is 14.3. The van der Waals surface area contributed by atoms with Gasteiger partial charge in [0.05, 0.1) is 36.9 Å². The Balaban J connectivity index is 1.31. The highest BCUT2D eigenvalue weighted by molar-refractivity contribution is 7.92. The molecule has 3 aromatic rings. The van der Waals surface area contributed by atoms with Gasteiger partial charge in [-0.2, -0.15) is 0 Å². The third-order valence-corrected chi connectivity index (χ3v) is 8.13. The normalized spacial score (nSPS) is 16.9. The Bertz CT molecular complexity index is 1440. The standard InChI is InChI=1S/C26H29F3N6O3S/c1-17(20-14-22(28)23(29)15-21(20)27)35-7-6-30-25-26(35)32-24(16-31-25)18-2-4-19(5-3-18)33-39(36,37)13-10-34-8-11-38-12-9-34/h2-5,14-17,33H,6-13H2,1H3,(H,30,31).